The first-order valence-electron chi connectivity index (χ1n) is 16.9. The summed E-state index contributed by atoms with van der Waals surface area (Å²) in [4.78, 5) is 30.2. The molecule has 21 heteroatoms. The third-order valence-corrected chi connectivity index (χ3v) is 9.99. The number of nitrogens with zero attached hydrogens (tertiary/aromatic N) is 9. The molecule has 2 fully saturated rings. The van der Waals surface area contributed by atoms with Crippen LogP contribution in [0.25, 0.3) is 11.2 Å². The number of imidazole rings is 1. The number of hydrogen-bond acceptors (Lipinski definition) is 15. The number of sulfonamides is 1. The number of carbonyl (C=O) groups excluding carboxylic acids is 1. The molecule has 53 heavy (non-hydrogen) atoms. The van der Waals surface area contributed by atoms with Gasteiger partial charge in [-0.3, -0.25) is 4.57 Å². The first kappa shape index (κ1) is 36.1. The van der Waals surface area contributed by atoms with Gasteiger partial charge in [-0.2, -0.15) is 14.8 Å². The number of rotatable bonds is 12. The number of hydrogen-bond donors (Lipinski definition) is 7. The lowest BCUT2D eigenvalue weighted by atomic mass is 10.1. The van der Waals surface area contributed by atoms with Crippen LogP contribution < -0.4 is 26.0 Å². The van der Waals surface area contributed by atoms with Gasteiger partial charge >= 0.3 is 6.03 Å². The number of nitrogens with one attached hydrogen (secondary N) is 3. The van der Waals surface area contributed by atoms with Crippen LogP contribution in [-0.4, -0.2) is 113 Å². The zero-order valence-corrected chi connectivity index (χ0v) is 29.3. The SMILES string of the molecule is CCn1nnc(C2OC(n3cnc4c(NC(CO)Cc5ccccc5)nc(N5CCC(NC(=O)Nc6ccc(S(N)(=O)=O)cc6)C5)nc43)C(O)C2O)n1. The number of tetrazole rings is 1. The number of aromatic nitrogens is 8. The fourth-order valence-corrected chi connectivity index (χ4v) is 6.85. The van der Waals surface area contributed by atoms with E-state index in [9.17, 15) is 28.5 Å². The first-order chi connectivity index (χ1) is 25.5. The predicted octanol–water partition coefficient (Wildman–Crippen LogP) is -0.112. The summed E-state index contributed by atoms with van der Waals surface area (Å²) in [5.74, 6) is 0.737. The van der Waals surface area contributed by atoms with E-state index in [2.05, 4.69) is 36.3 Å². The van der Waals surface area contributed by atoms with Crippen LogP contribution in [0, 0.1) is 0 Å². The van der Waals surface area contributed by atoms with Gasteiger partial charge in [0.15, 0.2) is 29.3 Å². The lowest BCUT2D eigenvalue weighted by Gasteiger charge is -2.22. The minimum absolute atomic E-state index is 0.0737. The van der Waals surface area contributed by atoms with Crippen LogP contribution in [0.2, 0.25) is 0 Å². The molecule has 0 radical (unpaired) electrons. The molecule has 0 bridgehead atoms. The lowest BCUT2D eigenvalue weighted by Crippen LogP contribution is -2.40. The van der Waals surface area contributed by atoms with E-state index >= 15 is 0 Å². The number of fused-ring (bicyclic) bond motifs is 1. The summed E-state index contributed by atoms with van der Waals surface area (Å²) in [6.45, 7) is 2.90. The second kappa shape index (κ2) is 15.0. The highest BCUT2D eigenvalue weighted by atomic mass is 32.2. The first-order valence-corrected chi connectivity index (χ1v) is 18.5. The molecule has 2 saturated heterocycles. The van der Waals surface area contributed by atoms with E-state index in [1.54, 1.807) is 0 Å². The molecule has 2 aromatic carbocycles. The molecule has 5 heterocycles. The zero-order chi connectivity index (χ0) is 37.3. The van der Waals surface area contributed by atoms with Crippen LogP contribution in [-0.2, 0) is 27.7 Å². The van der Waals surface area contributed by atoms with Crippen molar-refractivity contribution in [1.82, 2.24) is 45.0 Å². The molecule has 0 spiro atoms. The normalized spacial score (nSPS) is 22.3. The van der Waals surface area contributed by atoms with Gasteiger partial charge in [0.1, 0.15) is 12.2 Å². The fraction of sp³-hybridized carbons (Fsp3) is 0.406. The van der Waals surface area contributed by atoms with Crippen LogP contribution in [0.1, 0.15) is 37.1 Å². The largest absolute Gasteiger partial charge is 0.394 e. The van der Waals surface area contributed by atoms with Crippen LogP contribution in [0.5, 0.6) is 0 Å². The van der Waals surface area contributed by atoms with E-state index in [-0.39, 0.29) is 29.0 Å². The maximum absolute atomic E-state index is 12.9. The molecule has 5 aromatic rings. The Balaban J connectivity index is 1.14. The van der Waals surface area contributed by atoms with Crippen molar-refractivity contribution in [3.05, 3.63) is 72.3 Å². The Labute approximate surface area is 303 Å². The molecule has 7 rings (SSSR count). The second-order valence-electron chi connectivity index (χ2n) is 12.8. The maximum atomic E-state index is 12.9. The molecule has 0 aliphatic carbocycles. The molecule has 8 N–H and O–H groups in total. The number of ether oxygens (including phenoxy) is 1. The van der Waals surface area contributed by atoms with Crippen molar-refractivity contribution in [3.63, 3.8) is 0 Å². The van der Waals surface area contributed by atoms with Gasteiger partial charge in [0.05, 0.1) is 30.4 Å². The smallest absolute Gasteiger partial charge is 0.319 e. The number of benzene rings is 2. The van der Waals surface area contributed by atoms with E-state index in [0.29, 0.717) is 55.4 Å². The molecular weight excluding hydrogens is 711 g/mol. The highest BCUT2D eigenvalue weighted by Gasteiger charge is 2.47. The van der Waals surface area contributed by atoms with Crippen molar-refractivity contribution in [3.8, 4) is 0 Å². The van der Waals surface area contributed by atoms with Crippen molar-refractivity contribution < 1.29 is 33.3 Å². The Kier molecular flexibility index (Phi) is 10.2. The summed E-state index contributed by atoms with van der Waals surface area (Å²) in [5.41, 5.74) is 2.00. The van der Waals surface area contributed by atoms with Crippen molar-refractivity contribution in [2.24, 2.45) is 5.14 Å². The maximum Gasteiger partial charge on any atom is 0.319 e. The lowest BCUT2D eigenvalue weighted by molar-refractivity contribution is -0.0384. The predicted molar refractivity (Wildman–Crippen MR) is 189 cm³/mol. The number of urea groups is 1. The van der Waals surface area contributed by atoms with Gasteiger partial charge in [-0.05, 0) is 54.8 Å². The summed E-state index contributed by atoms with van der Waals surface area (Å²) in [7, 11) is -3.87. The number of nitrogens with two attached hydrogens (primary N) is 1. The standard InChI is InChI=1S/C32H39N13O7S/c1-2-45-41-28(40-42-45)26-24(47)25(48)30(52-26)44-17-34-23-27(35-21(16-46)14-18-6-4-3-5-7-18)38-31(39-29(23)44)43-13-12-20(15-43)37-32(49)36-19-8-10-22(11-9-19)53(33,50)51/h3-11,17,20-21,24-26,30,46-48H,2,12-16H2,1H3,(H2,33,50,51)(H,35,38,39)(H2,36,37,49). The van der Waals surface area contributed by atoms with Crippen molar-refractivity contribution >= 4 is 44.7 Å². The minimum Gasteiger partial charge on any atom is -0.394 e. The second-order valence-corrected chi connectivity index (χ2v) is 14.3. The molecule has 2 aliphatic heterocycles. The summed E-state index contributed by atoms with van der Waals surface area (Å²) >= 11 is 0. The van der Waals surface area contributed by atoms with Crippen LogP contribution in [0.4, 0.5) is 22.2 Å². The number of aliphatic hydroxyl groups is 3. The Morgan fingerprint density at radius 1 is 1.09 bits per heavy atom. The van der Waals surface area contributed by atoms with E-state index in [0.717, 1.165) is 5.56 Å². The van der Waals surface area contributed by atoms with E-state index in [1.165, 1.54) is 40.0 Å². The van der Waals surface area contributed by atoms with Gasteiger partial charge in [0.2, 0.25) is 21.8 Å². The molecule has 6 atom stereocenters. The quantitative estimate of drug-likeness (QED) is 0.0877. The Morgan fingerprint density at radius 2 is 1.87 bits per heavy atom. The molecule has 20 nitrogen and oxygen atoms in total. The van der Waals surface area contributed by atoms with Crippen molar-refractivity contribution in [2.45, 2.75) is 67.8 Å². The summed E-state index contributed by atoms with van der Waals surface area (Å²) in [6, 6.07) is 13.9. The van der Waals surface area contributed by atoms with E-state index in [4.69, 9.17) is 19.8 Å². The van der Waals surface area contributed by atoms with Gasteiger partial charge in [0.25, 0.3) is 0 Å². The third-order valence-electron chi connectivity index (χ3n) is 9.06. The van der Waals surface area contributed by atoms with Gasteiger partial charge in [-0.25, -0.2) is 23.3 Å². The summed E-state index contributed by atoms with van der Waals surface area (Å²) in [5, 5.41) is 58.8. The molecule has 2 aliphatic rings. The minimum atomic E-state index is -3.87. The fourth-order valence-electron chi connectivity index (χ4n) is 6.33. The van der Waals surface area contributed by atoms with Gasteiger partial charge in [-0.15, -0.1) is 10.2 Å². The van der Waals surface area contributed by atoms with Crippen molar-refractivity contribution in [2.75, 3.05) is 35.2 Å². The van der Waals surface area contributed by atoms with Gasteiger partial charge < -0.3 is 40.9 Å². The summed E-state index contributed by atoms with van der Waals surface area (Å²) in [6.07, 6.45) is -2.50. The van der Waals surface area contributed by atoms with Crippen LogP contribution >= 0.6 is 0 Å². The van der Waals surface area contributed by atoms with E-state index in [1.807, 2.05) is 42.2 Å². The highest BCUT2D eigenvalue weighted by molar-refractivity contribution is 7.89. The third kappa shape index (κ3) is 7.75. The van der Waals surface area contributed by atoms with Gasteiger partial charge in [-0.1, -0.05) is 30.3 Å². The number of carbonyl (C=O) groups is 1. The van der Waals surface area contributed by atoms with Crippen LogP contribution in [0.15, 0.2) is 65.8 Å². The number of amides is 2. The Bertz CT molecular complexity index is 2170. The average Bonchev–Trinajstić information content (AvgIpc) is 3.96. The number of primary sulfonamides is 1. The monoisotopic (exact) mass is 749 g/mol. The Hall–Kier alpha value is -5.32. The van der Waals surface area contributed by atoms with Gasteiger partial charge in [0, 0.05) is 24.8 Å². The van der Waals surface area contributed by atoms with Crippen LogP contribution in [0.3, 0.4) is 0 Å². The zero-order valence-electron chi connectivity index (χ0n) is 28.5. The molecular formula is C32H39N13O7S. The van der Waals surface area contributed by atoms with Crippen molar-refractivity contribution in [1.29, 1.82) is 0 Å². The molecule has 280 valence electrons. The Morgan fingerprint density at radius 3 is 2.57 bits per heavy atom. The molecule has 2 amide bonds. The average molecular weight is 750 g/mol. The molecule has 6 unspecified atom stereocenters. The molecule has 3 aromatic heterocycles. The number of aryl methyl sites for hydroxylation is 1. The number of aliphatic hydroxyl groups excluding tert-OH is 3. The molecule has 0 saturated carbocycles. The summed E-state index contributed by atoms with van der Waals surface area (Å²) < 4.78 is 30.8. The topological polar surface area (TPSA) is 274 Å². The highest BCUT2D eigenvalue weighted by Crippen LogP contribution is 2.39. The van der Waals surface area contributed by atoms with E-state index < -0.39 is 46.6 Å². The number of anilines is 3.